The van der Waals surface area contributed by atoms with Crippen molar-refractivity contribution in [2.75, 3.05) is 52.9 Å². The molecule has 0 heterocycles. The van der Waals surface area contributed by atoms with Crippen LogP contribution in [0.3, 0.4) is 0 Å². The first-order chi connectivity index (χ1) is 59.2. The SMILES string of the molecule is C=CC(=O)OCCCCCCCCCCOc1ccc(C(=O)Oc2ccc(OC(=O)c3ccc(OCCCCCCCCCCOC(=O)C=C)cc3)c(CCCCCCCCCc3cc(OC(=O)c4ccc(OCCCCCCCCCCOC(=O)C=C)cc4)ccc3OC(=O)c3ccc(OCCCCCCCCCCOC(=O)C=C)cc3)c2)cc1. The first-order valence-electron chi connectivity index (χ1n) is 44.5. The van der Waals surface area contributed by atoms with E-state index in [9.17, 15) is 38.4 Å². The third-order valence-electron chi connectivity index (χ3n) is 20.5. The van der Waals surface area contributed by atoms with Crippen LogP contribution in [0.2, 0.25) is 0 Å². The Morgan fingerprint density at radius 3 is 0.603 bits per heavy atom. The summed E-state index contributed by atoms with van der Waals surface area (Å²) in [5.74, 6) is 0.357. The number of hydrogen-bond acceptors (Lipinski definition) is 20. The average molecular weight is 1670 g/mol. The lowest BCUT2D eigenvalue weighted by atomic mass is 10.0. The second kappa shape index (κ2) is 63.3. The van der Waals surface area contributed by atoms with E-state index in [1.165, 1.54) is 24.3 Å². The van der Waals surface area contributed by atoms with Crippen LogP contribution >= 0.6 is 0 Å². The van der Waals surface area contributed by atoms with Crippen molar-refractivity contribution in [2.24, 2.45) is 0 Å². The summed E-state index contributed by atoms with van der Waals surface area (Å²) >= 11 is 0. The summed E-state index contributed by atoms with van der Waals surface area (Å²) in [5.41, 5.74) is 2.87. The van der Waals surface area contributed by atoms with Crippen LogP contribution in [0.15, 0.2) is 184 Å². The van der Waals surface area contributed by atoms with Gasteiger partial charge in [-0.25, -0.2) is 38.4 Å². The van der Waals surface area contributed by atoms with Gasteiger partial charge in [0.15, 0.2) is 0 Å². The topological polar surface area (TPSA) is 247 Å². The van der Waals surface area contributed by atoms with Crippen molar-refractivity contribution >= 4 is 47.8 Å². The summed E-state index contributed by atoms with van der Waals surface area (Å²) in [5, 5.41) is 0. The van der Waals surface area contributed by atoms with Gasteiger partial charge in [0.1, 0.15) is 46.0 Å². The predicted octanol–water partition coefficient (Wildman–Crippen LogP) is 24.0. The van der Waals surface area contributed by atoms with Crippen molar-refractivity contribution in [3.05, 3.63) is 217 Å². The lowest BCUT2D eigenvalue weighted by Crippen LogP contribution is -2.11. The number of unbranched alkanes of at least 4 members (excludes halogenated alkanes) is 34. The molecule has 6 rings (SSSR count). The number of rotatable bonds is 70. The van der Waals surface area contributed by atoms with Gasteiger partial charge in [-0.2, -0.15) is 0 Å². The molecule has 0 atom stereocenters. The summed E-state index contributed by atoms with van der Waals surface area (Å²) in [6.45, 7) is 17.7. The standard InChI is InChI=1S/C101H132O20/c1-5-94(102)114-74-44-34-24-13-9-20-30-40-70-110-86-58-50-80(51-59-86)98(106)118-90-66-68-92(120-100(108)82-54-62-88(63-55-82)112-72-42-32-22-11-15-26-36-46-76-116-96(104)7-3)84(78-90)48-38-28-18-17-19-29-39-49-85-79-91(119-99(107)81-52-60-87(61-53-81)111-71-41-31-21-10-14-25-35-45-75-115-95(103)6-2)67-69-93(85)121-101(109)83-56-64-89(65-57-83)113-73-43-33-23-12-16-27-37-47-77-117-97(105)8-4/h5-8,50-69,78-79H,1-4,9-49,70-77H2. The molecule has 0 aliphatic heterocycles. The summed E-state index contributed by atoms with van der Waals surface area (Å²) < 4.78 is 68.4. The average Bonchev–Trinajstić information content (AvgIpc) is 0.833. The lowest BCUT2D eigenvalue weighted by molar-refractivity contribution is -0.138. The van der Waals surface area contributed by atoms with Gasteiger partial charge in [0.2, 0.25) is 0 Å². The molecular formula is C101H132O20. The van der Waals surface area contributed by atoms with Gasteiger partial charge in [-0.1, -0.05) is 213 Å². The quantitative estimate of drug-likeness (QED) is 0.0113. The summed E-state index contributed by atoms with van der Waals surface area (Å²) in [4.78, 5) is 99.8. The van der Waals surface area contributed by atoms with Crippen molar-refractivity contribution in [1.29, 1.82) is 0 Å². The molecule has 6 aromatic carbocycles. The molecule has 0 spiro atoms. The molecule has 0 amide bonds. The molecule has 20 heteroatoms. The Kier molecular flexibility index (Phi) is 51.8. The van der Waals surface area contributed by atoms with Crippen molar-refractivity contribution < 1.29 is 95.2 Å². The van der Waals surface area contributed by atoms with Crippen LogP contribution in [-0.4, -0.2) is 101 Å². The fourth-order valence-corrected chi connectivity index (χ4v) is 13.5. The van der Waals surface area contributed by atoms with Gasteiger partial charge in [-0.15, -0.1) is 0 Å². The molecule has 0 unspecified atom stereocenters. The van der Waals surface area contributed by atoms with Crippen molar-refractivity contribution in [3.8, 4) is 46.0 Å². The maximum atomic E-state index is 13.8. The number of ether oxygens (including phenoxy) is 12. The molecule has 0 bridgehead atoms. The number of carbonyl (C=O) groups excluding carboxylic acids is 8. The minimum atomic E-state index is -0.538. The van der Waals surface area contributed by atoms with E-state index < -0.39 is 23.9 Å². The zero-order chi connectivity index (χ0) is 86.2. The molecule has 0 saturated heterocycles. The van der Waals surface area contributed by atoms with Crippen molar-refractivity contribution in [1.82, 2.24) is 0 Å². The fourth-order valence-electron chi connectivity index (χ4n) is 13.5. The zero-order valence-corrected chi connectivity index (χ0v) is 71.7. The van der Waals surface area contributed by atoms with E-state index in [2.05, 4.69) is 26.3 Å². The first kappa shape index (κ1) is 99.1. The molecule has 121 heavy (non-hydrogen) atoms. The Morgan fingerprint density at radius 1 is 0.207 bits per heavy atom. The van der Waals surface area contributed by atoms with Gasteiger partial charge in [-0.05, 0) is 222 Å². The van der Waals surface area contributed by atoms with Gasteiger partial charge >= 0.3 is 47.8 Å². The van der Waals surface area contributed by atoms with E-state index in [1.54, 1.807) is 133 Å². The van der Waals surface area contributed by atoms with E-state index in [1.807, 2.05) is 0 Å². The normalized spacial score (nSPS) is 10.8. The first-order valence-corrected chi connectivity index (χ1v) is 44.5. The number of hydrogen-bond donors (Lipinski definition) is 0. The fraction of sp³-hybridized carbons (Fsp3) is 0.485. The molecule has 0 saturated carbocycles. The Balaban J connectivity index is 1.00. The molecule has 6 aromatic rings. The highest BCUT2D eigenvalue weighted by Gasteiger charge is 2.20. The molecule has 656 valence electrons. The Morgan fingerprint density at radius 2 is 0.388 bits per heavy atom. The molecule has 0 radical (unpaired) electrons. The van der Waals surface area contributed by atoms with Crippen molar-refractivity contribution in [3.63, 3.8) is 0 Å². The lowest BCUT2D eigenvalue weighted by Gasteiger charge is -2.14. The largest absolute Gasteiger partial charge is 0.494 e. The molecule has 0 fully saturated rings. The molecule has 0 N–H and O–H groups in total. The number of carbonyl (C=O) groups is 8. The van der Waals surface area contributed by atoms with Gasteiger partial charge < -0.3 is 56.8 Å². The van der Waals surface area contributed by atoms with Crippen LogP contribution in [0.5, 0.6) is 46.0 Å². The summed E-state index contributed by atoms with van der Waals surface area (Å²) in [7, 11) is 0. The minimum absolute atomic E-state index is 0.316. The highest BCUT2D eigenvalue weighted by molar-refractivity contribution is 5.94. The Bertz CT molecular complexity index is 3740. The van der Waals surface area contributed by atoms with Crippen LogP contribution in [0.25, 0.3) is 0 Å². The van der Waals surface area contributed by atoms with Gasteiger partial charge in [0.05, 0.1) is 75.1 Å². The van der Waals surface area contributed by atoms with Gasteiger partial charge in [0.25, 0.3) is 0 Å². The summed E-state index contributed by atoms with van der Waals surface area (Å²) in [6.07, 6.45) is 45.2. The van der Waals surface area contributed by atoms with E-state index in [0.717, 1.165) is 262 Å². The van der Waals surface area contributed by atoms with Crippen LogP contribution in [0.4, 0.5) is 0 Å². The maximum absolute atomic E-state index is 13.8. The monoisotopic (exact) mass is 1660 g/mol. The molecule has 0 aromatic heterocycles. The van der Waals surface area contributed by atoms with Gasteiger partial charge in [0, 0.05) is 24.3 Å². The second-order valence-electron chi connectivity index (χ2n) is 30.4. The summed E-state index contributed by atoms with van der Waals surface area (Å²) in [6, 6.07) is 37.9. The van der Waals surface area contributed by atoms with E-state index in [-0.39, 0.29) is 23.9 Å². The van der Waals surface area contributed by atoms with Crippen LogP contribution < -0.4 is 37.9 Å². The third kappa shape index (κ3) is 44.9. The maximum Gasteiger partial charge on any atom is 0.343 e. The van der Waals surface area contributed by atoms with E-state index in [0.29, 0.717) is 134 Å². The smallest absolute Gasteiger partial charge is 0.343 e. The van der Waals surface area contributed by atoms with E-state index in [4.69, 9.17) is 56.8 Å². The molecular weight excluding hydrogens is 1530 g/mol. The predicted molar refractivity (Wildman–Crippen MR) is 473 cm³/mol. The van der Waals surface area contributed by atoms with Crippen LogP contribution in [0.1, 0.15) is 303 Å². The highest BCUT2D eigenvalue weighted by Crippen LogP contribution is 2.32. The van der Waals surface area contributed by atoms with Crippen LogP contribution in [-0.2, 0) is 51.0 Å². The highest BCUT2D eigenvalue weighted by atomic mass is 16.6. The number of esters is 8. The Hall–Kier alpha value is -10.8. The minimum Gasteiger partial charge on any atom is -0.494 e. The van der Waals surface area contributed by atoms with Crippen molar-refractivity contribution in [2.45, 2.75) is 263 Å². The third-order valence-corrected chi connectivity index (χ3v) is 20.5. The van der Waals surface area contributed by atoms with Gasteiger partial charge in [-0.3, -0.25) is 0 Å². The molecule has 0 aliphatic rings. The zero-order valence-electron chi connectivity index (χ0n) is 71.7. The number of benzene rings is 6. The van der Waals surface area contributed by atoms with E-state index >= 15 is 0 Å². The molecule has 20 nitrogen and oxygen atoms in total. The Labute approximate surface area is 718 Å². The number of aryl methyl sites for hydroxylation is 2. The molecule has 0 aliphatic carbocycles. The second-order valence-corrected chi connectivity index (χ2v) is 30.4. The van der Waals surface area contributed by atoms with Crippen LogP contribution in [0, 0.1) is 0 Å².